The molecule has 22 heavy (non-hydrogen) atoms. The van der Waals surface area contributed by atoms with E-state index >= 15 is 0 Å². The second-order valence-corrected chi connectivity index (χ2v) is 6.68. The van der Waals surface area contributed by atoms with Crippen molar-refractivity contribution in [2.45, 2.75) is 26.4 Å². The number of thiophene rings is 1. The highest BCUT2D eigenvalue weighted by atomic mass is 32.1. The van der Waals surface area contributed by atoms with Crippen molar-refractivity contribution in [1.82, 2.24) is 4.90 Å². The molecule has 0 spiro atoms. The Balaban J connectivity index is 2.06. The monoisotopic (exact) mass is 321 g/mol. The molecular formula is C17H23NO3S. The van der Waals surface area contributed by atoms with Crippen LogP contribution in [0.1, 0.15) is 21.7 Å². The Bertz CT molecular complexity index is 597. The van der Waals surface area contributed by atoms with Gasteiger partial charge < -0.3 is 14.9 Å². The van der Waals surface area contributed by atoms with Gasteiger partial charge in [-0.15, -0.1) is 11.3 Å². The summed E-state index contributed by atoms with van der Waals surface area (Å²) in [6.45, 7) is 4.70. The highest BCUT2D eigenvalue weighted by Gasteiger charge is 2.10. The van der Waals surface area contributed by atoms with E-state index in [-0.39, 0.29) is 12.4 Å². The van der Waals surface area contributed by atoms with E-state index in [4.69, 9.17) is 9.84 Å². The van der Waals surface area contributed by atoms with Gasteiger partial charge in [-0.1, -0.05) is 6.07 Å². The number of aromatic hydroxyl groups is 1. The lowest BCUT2D eigenvalue weighted by molar-refractivity contribution is 0.213. The molecule has 0 aliphatic carbocycles. The van der Waals surface area contributed by atoms with Crippen LogP contribution in [0, 0.1) is 6.92 Å². The number of nitrogens with zero attached hydrogens (tertiary/aromatic N) is 1. The van der Waals surface area contributed by atoms with Gasteiger partial charge in [-0.05, 0) is 43.2 Å². The van der Waals surface area contributed by atoms with E-state index in [1.807, 2.05) is 6.07 Å². The smallest absolute Gasteiger partial charge is 0.160 e. The number of rotatable bonds is 8. The van der Waals surface area contributed by atoms with Crippen molar-refractivity contribution >= 4 is 11.3 Å². The summed E-state index contributed by atoms with van der Waals surface area (Å²) in [5, 5.41) is 19.0. The van der Waals surface area contributed by atoms with Crippen LogP contribution in [0.5, 0.6) is 11.5 Å². The first-order chi connectivity index (χ1) is 10.6. The summed E-state index contributed by atoms with van der Waals surface area (Å²) < 4.78 is 5.07. The number of benzene rings is 1. The molecule has 2 rings (SSSR count). The Morgan fingerprint density at radius 1 is 1.18 bits per heavy atom. The summed E-state index contributed by atoms with van der Waals surface area (Å²) in [6.07, 6.45) is 0.743. The third-order valence-corrected chi connectivity index (χ3v) is 4.44. The van der Waals surface area contributed by atoms with Crippen molar-refractivity contribution in [2.75, 3.05) is 20.3 Å². The van der Waals surface area contributed by atoms with Crippen molar-refractivity contribution in [2.24, 2.45) is 0 Å². The van der Waals surface area contributed by atoms with E-state index < -0.39 is 0 Å². The quantitative estimate of drug-likeness (QED) is 0.784. The minimum Gasteiger partial charge on any atom is -0.504 e. The number of aliphatic hydroxyl groups is 1. The molecular weight excluding hydrogens is 298 g/mol. The molecule has 5 heteroatoms. The fraction of sp³-hybridized carbons (Fsp3) is 0.412. The van der Waals surface area contributed by atoms with Gasteiger partial charge in [0.1, 0.15) is 0 Å². The second-order valence-electron chi connectivity index (χ2n) is 5.31. The van der Waals surface area contributed by atoms with Crippen LogP contribution in [0.2, 0.25) is 0 Å². The predicted octanol–water partition coefficient (Wildman–Crippen LogP) is 3.16. The molecule has 0 amide bonds. The molecule has 2 N–H and O–H groups in total. The number of aliphatic hydroxyl groups excluding tert-OH is 1. The summed E-state index contributed by atoms with van der Waals surface area (Å²) in [5.74, 6) is 0.647. The average Bonchev–Trinajstić information content (AvgIpc) is 2.90. The van der Waals surface area contributed by atoms with Crippen LogP contribution in [0.3, 0.4) is 0 Å². The summed E-state index contributed by atoms with van der Waals surface area (Å²) >= 11 is 1.80. The topological polar surface area (TPSA) is 52.9 Å². The number of phenols is 1. The maximum Gasteiger partial charge on any atom is 0.160 e. The van der Waals surface area contributed by atoms with Crippen LogP contribution in [0.4, 0.5) is 0 Å². The van der Waals surface area contributed by atoms with Gasteiger partial charge in [0.05, 0.1) is 7.11 Å². The highest BCUT2D eigenvalue weighted by molar-refractivity contribution is 7.11. The molecule has 4 nitrogen and oxygen atoms in total. The van der Waals surface area contributed by atoms with Gasteiger partial charge in [-0.3, -0.25) is 4.90 Å². The third-order valence-electron chi connectivity index (χ3n) is 3.46. The Kier molecular flexibility index (Phi) is 6.24. The van der Waals surface area contributed by atoms with Crippen LogP contribution in [-0.2, 0) is 13.1 Å². The van der Waals surface area contributed by atoms with Crippen LogP contribution < -0.4 is 4.74 Å². The zero-order valence-electron chi connectivity index (χ0n) is 13.1. The molecule has 120 valence electrons. The van der Waals surface area contributed by atoms with Gasteiger partial charge in [0, 0.05) is 36.0 Å². The molecule has 0 aliphatic heterocycles. The van der Waals surface area contributed by atoms with E-state index in [0.29, 0.717) is 5.75 Å². The molecule has 1 aromatic carbocycles. The number of hydrogen-bond donors (Lipinski definition) is 2. The lowest BCUT2D eigenvalue weighted by atomic mass is 10.2. The van der Waals surface area contributed by atoms with Crippen LogP contribution in [0.25, 0.3) is 0 Å². The second kappa shape index (κ2) is 8.17. The standard InChI is InChI=1S/C17H23NO3S/c1-13-4-6-15(22-13)12-18(8-3-9-19)11-14-5-7-17(21-2)16(20)10-14/h4-7,10,19-20H,3,8-9,11-12H2,1-2H3. The normalized spacial score (nSPS) is 11.1. The minimum absolute atomic E-state index is 0.161. The first kappa shape index (κ1) is 16.8. The first-order valence-electron chi connectivity index (χ1n) is 7.36. The van der Waals surface area contributed by atoms with Crippen molar-refractivity contribution < 1.29 is 14.9 Å². The molecule has 0 unspecified atom stereocenters. The SMILES string of the molecule is COc1ccc(CN(CCCO)Cc2ccc(C)s2)cc1O. The van der Waals surface area contributed by atoms with Gasteiger partial charge in [-0.25, -0.2) is 0 Å². The summed E-state index contributed by atoms with van der Waals surface area (Å²) in [4.78, 5) is 4.90. The van der Waals surface area contributed by atoms with Crippen molar-refractivity contribution in [3.8, 4) is 11.5 Å². The maximum atomic E-state index is 9.89. The Hall–Kier alpha value is -1.56. The molecule has 0 atom stereocenters. The van der Waals surface area contributed by atoms with E-state index in [1.54, 1.807) is 30.6 Å². The fourth-order valence-electron chi connectivity index (χ4n) is 2.39. The molecule has 0 saturated heterocycles. The molecule has 0 aliphatic rings. The Labute approximate surface area is 135 Å². The maximum absolute atomic E-state index is 9.89. The molecule has 0 fully saturated rings. The van der Waals surface area contributed by atoms with E-state index in [0.717, 1.165) is 31.6 Å². The highest BCUT2D eigenvalue weighted by Crippen LogP contribution is 2.27. The molecule has 0 bridgehead atoms. The lowest BCUT2D eigenvalue weighted by Crippen LogP contribution is -2.24. The van der Waals surface area contributed by atoms with Gasteiger partial charge in [0.2, 0.25) is 0 Å². The fourth-order valence-corrected chi connectivity index (χ4v) is 3.32. The largest absolute Gasteiger partial charge is 0.504 e. The van der Waals surface area contributed by atoms with Gasteiger partial charge in [0.15, 0.2) is 11.5 Å². The summed E-state index contributed by atoms with van der Waals surface area (Å²) in [7, 11) is 1.54. The van der Waals surface area contributed by atoms with Crippen molar-refractivity contribution in [1.29, 1.82) is 0 Å². The van der Waals surface area contributed by atoms with Crippen molar-refractivity contribution in [3.05, 3.63) is 45.6 Å². The molecule has 2 aromatic rings. The van der Waals surface area contributed by atoms with Crippen molar-refractivity contribution in [3.63, 3.8) is 0 Å². The number of methoxy groups -OCH3 is 1. The number of aryl methyl sites for hydroxylation is 1. The van der Waals surface area contributed by atoms with Crippen LogP contribution in [-0.4, -0.2) is 35.4 Å². The lowest BCUT2D eigenvalue weighted by Gasteiger charge is -2.21. The van der Waals surface area contributed by atoms with E-state index in [1.165, 1.54) is 9.75 Å². The number of phenolic OH excluding ortho intramolecular Hbond substituents is 1. The molecule has 0 radical (unpaired) electrons. The molecule has 1 heterocycles. The molecule has 0 saturated carbocycles. The van der Waals surface area contributed by atoms with Gasteiger partial charge in [-0.2, -0.15) is 0 Å². The summed E-state index contributed by atoms with van der Waals surface area (Å²) in [5.41, 5.74) is 1.03. The van der Waals surface area contributed by atoms with E-state index in [9.17, 15) is 5.11 Å². The number of hydrogen-bond acceptors (Lipinski definition) is 5. The van der Waals surface area contributed by atoms with Gasteiger partial charge in [0.25, 0.3) is 0 Å². The van der Waals surface area contributed by atoms with E-state index in [2.05, 4.69) is 24.0 Å². The van der Waals surface area contributed by atoms with Gasteiger partial charge >= 0.3 is 0 Å². The molecule has 1 aromatic heterocycles. The minimum atomic E-state index is 0.161. The zero-order chi connectivity index (χ0) is 15.9. The average molecular weight is 321 g/mol. The Morgan fingerprint density at radius 2 is 2.00 bits per heavy atom. The predicted molar refractivity (Wildman–Crippen MR) is 89.5 cm³/mol. The van der Waals surface area contributed by atoms with Crippen LogP contribution >= 0.6 is 11.3 Å². The van der Waals surface area contributed by atoms with Crippen LogP contribution in [0.15, 0.2) is 30.3 Å². The summed E-state index contributed by atoms with van der Waals surface area (Å²) in [6, 6.07) is 9.76. The zero-order valence-corrected chi connectivity index (χ0v) is 13.9. The third kappa shape index (κ3) is 4.73. The Morgan fingerprint density at radius 3 is 2.59 bits per heavy atom. The number of ether oxygens (including phenoxy) is 1. The first-order valence-corrected chi connectivity index (χ1v) is 8.18.